The highest BCUT2D eigenvalue weighted by atomic mass is 19.4. The first-order valence-corrected chi connectivity index (χ1v) is 9.24. The Morgan fingerprint density at radius 2 is 1.80 bits per heavy atom. The van der Waals surface area contributed by atoms with Gasteiger partial charge in [-0.25, -0.2) is 0 Å². The molecular weight excluding hydrogens is 395 g/mol. The van der Waals surface area contributed by atoms with Crippen molar-refractivity contribution in [1.29, 1.82) is 0 Å². The summed E-state index contributed by atoms with van der Waals surface area (Å²) in [4.78, 5) is 25.2. The van der Waals surface area contributed by atoms with Crippen LogP contribution >= 0.6 is 0 Å². The van der Waals surface area contributed by atoms with Gasteiger partial charge in [0, 0.05) is 24.2 Å². The minimum atomic E-state index is -4.43. The lowest BCUT2D eigenvalue weighted by molar-refractivity contribution is -0.137. The van der Waals surface area contributed by atoms with Gasteiger partial charge in [-0.3, -0.25) is 9.59 Å². The van der Waals surface area contributed by atoms with Gasteiger partial charge in [-0.05, 0) is 62.0 Å². The number of carbonyl (C=O) groups is 2. The predicted octanol–water partition coefficient (Wildman–Crippen LogP) is 3.11. The lowest BCUT2D eigenvalue weighted by Gasteiger charge is -2.24. The van der Waals surface area contributed by atoms with Gasteiger partial charge in [-0.1, -0.05) is 24.3 Å². The third-order valence-corrected chi connectivity index (χ3v) is 4.59. The van der Waals surface area contributed by atoms with E-state index in [1.54, 1.807) is 12.1 Å². The molecule has 0 unspecified atom stereocenters. The Morgan fingerprint density at radius 1 is 1.13 bits per heavy atom. The maximum Gasteiger partial charge on any atom is 0.416 e. The molecule has 2 aromatic rings. The molecule has 30 heavy (non-hydrogen) atoms. The SMILES string of the molecule is CN(C)[C@H](CNC(=O)/C=C/c1cccc(C(F)(F)F)c1)Cc1ccc(C(N)=O)cc1. The van der Waals surface area contributed by atoms with Gasteiger partial charge in [0.05, 0.1) is 5.56 Å². The van der Waals surface area contributed by atoms with E-state index in [1.165, 1.54) is 24.3 Å². The van der Waals surface area contributed by atoms with E-state index in [2.05, 4.69) is 5.32 Å². The zero-order valence-corrected chi connectivity index (χ0v) is 16.7. The number of rotatable bonds is 8. The third kappa shape index (κ3) is 7.04. The second-order valence-corrected chi connectivity index (χ2v) is 7.08. The van der Waals surface area contributed by atoms with E-state index in [-0.39, 0.29) is 6.04 Å². The van der Waals surface area contributed by atoms with Crippen molar-refractivity contribution in [3.63, 3.8) is 0 Å². The van der Waals surface area contributed by atoms with Crippen molar-refractivity contribution < 1.29 is 22.8 Å². The molecule has 0 saturated carbocycles. The first kappa shape index (κ1) is 23.2. The number of benzene rings is 2. The minimum absolute atomic E-state index is 0.0182. The van der Waals surface area contributed by atoms with Crippen LogP contribution in [0.25, 0.3) is 6.08 Å². The lowest BCUT2D eigenvalue weighted by atomic mass is 10.0. The molecule has 8 heteroatoms. The minimum Gasteiger partial charge on any atom is -0.366 e. The molecule has 0 radical (unpaired) electrons. The Labute approximate surface area is 173 Å². The summed E-state index contributed by atoms with van der Waals surface area (Å²) in [5.74, 6) is -0.895. The summed E-state index contributed by atoms with van der Waals surface area (Å²) in [6, 6.07) is 11.7. The molecule has 0 spiro atoms. The van der Waals surface area contributed by atoms with E-state index < -0.39 is 23.6 Å². The van der Waals surface area contributed by atoms with Crippen LogP contribution in [0.1, 0.15) is 27.0 Å². The van der Waals surface area contributed by atoms with E-state index in [0.29, 0.717) is 24.1 Å². The number of nitrogens with one attached hydrogen (secondary N) is 1. The first-order valence-electron chi connectivity index (χ1n) is 9.24. The number of hydrogen-bond donors (Lipinski definition) is 2. The summed E-state index contributed by atoms with van der Waals surface area (Å²) in [5.41, 5.74) is 6.17. The zero-order valence-electron chi connectivity index (χ0n) is 16.7. The molecule has 3 N–H and O–H groups in total. The molecule has 1 atom stereocenters. The first-order chi connectivity index (χ1) is 14.1. The van der Waals surface area contributed by atoms with Crippen molar-refractivity contribution in [3.05, 3.63) is 76.9 Å². The highest BCUT2D eigenvalue weighted by Crippen LogP contribution is 2.29. The number of amides is 2. The number of carbonyl (C=O) groups excluding carboxylic acids is 2. The summed E-state index contributed by atoms with van der Waals surface area (Å²) >= 11 is 0. The molecule has 2 amide bonds. The van der Waals surface area contributed by atoms with Gasteiger partial charge in [0.25, 0.3) is 0 Å². The average molecular weight is 419 g/mol. The van der Waals surface area contributed by atoms with Gasteiger partial charge >= 0.3 is 6.18 Å². The molecule has 0 aromatic heterocycles. The number of halogens is 3. The Balaban J connectivity index is 1.95. The summed E-state index contributed by atoms with van der Waals surface area (Å²) < 4.78 is 38.3. The van der Waals surface area contributed by atoms with Gasteiger partial charge in [0.1, 0.15) is 0 Å². The summed E-state index contributed by atoms with van der Waals surface area (Å²) in [7, 11) is 3.76. The van der Waals surface area contributed by atoms with Gasteiger partial charge in [-0.15, -0.1) is 0 Å². The van der Waals surface area contributed by atoms with E-state index in [9.17, 15) is 22.8 Å². The smallest absolute Gasteiger partial charge is 0.366 e. The van der Waals surface area contributed by atoms with Crippen molar-refractivity contribution in [2.75, 3.05) is 20.6 Å². The molecule has 2 aromatic carbocycles. The molecule has 160 valence electrons. The molecule has 5 nitrogen and oxygen atoms in total. The van der Waals surface area contributed by atoms with Crippen molar-refractivity contribution in [1.82, 2.24) is 10.2 Å². The van der Waals surface area contributed by atoms with E-state index in [0.717, 1.165) is 17.7 Å². The highest BCUT2D eigenvalue weighted by Gasteiger charge is 2.30. The fraction of sp³-hybridized carbons (Fsp3) is 0.273. The van der Waals surface area contributed by atoms with Crippen molar-refractivity contribution in [3.8, 4) is 0 Å². The maximum absolute atomic E-state index is 12.8. The fourth-order valence-corrected chi connectivity index (χ4v) is 2.78. The van der Waals surface area contributed by atoms with E-state index in [4.69, 9.17) is 5.73 Å². The van der Waals surface area contributed by atoms with Crippen LogP contribution in [0.3, 0.4) is 0 Å². The molecule has 0 aliphatic rings. The normalized spacial score (nSPS) is 12.9. The largest absolute Gasteiger partial charge is 0.416 e. The Bertz CT molecular complexity index is 907. The molecular formula is C22H24F3N3O2. The Kier molecular flexibility index (Phi) is 7.77. The van der Waals surface area contributed by atoms with Crippen LogP contribution < -0.4 is 11.1 Å². The summed E-state index contributed by atoms with van der Waals surface area (Å²) in [6.45, 7) is 0.344. The number of hydrogen-bond acceptors (Lipinski definition) is 3. The van der Waals surface area contributed by atoms with Gasteiger partial charge in [0.2, 0.25) is 11.8 Å². The van der Waals surface area contributed by atoms with Crippen LogP contribution in [0.2, 0.25) is 0 Å². The van der Waals surface area contributed by atoms with E-state index in [1.807, 2.05) is 31.1 Å². The quantitative estimate of drug-likeness (QED) is 0.646. The second kappa shape index (κ2) is 10.1. The number of nitrogens with zero attached hydrogens (tertiary/aromatic N) is 1. The van der Waals surface area contributed by atoms with Crippen molar-refractivity contribution in [2.45, 2.75) is 18.6 Å². The van der Waals surface area contributed by atoms with Crippen LogP contribution in [0.4, 0.5) is 13.2 Å². The molecule has 0 saturated heterocycles. The lowest BCUT2D eigenvalue weighted by Crippen LogP contribution is -2.41. The maximum atomic E-state index is 12.8. The van der Waals surface area contributed by atoms with Gasteiger partial charge in [0.15, 0.2) is 0 Å². The van der Waals surface area contributed by atoms with E-state index >= 15 is 0 Å². The molecule has 2 rings (SSSR count). The summed E-state index contributed by atoms with van der Waals surface area (Å²) in [5, 5.41) is 2.77. The Morgan fingerprint density at radius 3 is 2.37 bits per heavy atom. The van der Waals surface area contributed by atoms with Crippen LogP contribution in [0, 0.1) is 0 Å². The van der Waals surface area contributed by atoms with Crippen LogP contribution in [0.15, 0.2) is 54.6 Å². The van der Waals surface area contributed by atoms with Crippen molar-refractivity contribution >= 4 is 17.9 Å². The predicted molar refractivity (Wildman–Crippen MR) is 110 cm³/mol. The standard InChI is InChI=1S/C22H24F3N3O2/c1-28(2)19(13-16-6-9-17(10-7-16)21(26)30)14-27-20(29)11-8-15-4-3-5-18(12-15)22(23,24)25/h3-12,19H,13-14H2,1-2H3,(H2,26,30)(H,27,29)/b11-8+/t19-/m0/s1. The van der Waals surface area contributed by atoms with Crippen LogP contribution in [-0.2, 0) is 17.4 Å². The number of alkyl halides is 3. The highest BCUT2D eigenvalue weighted by molar-refractivity contribution is 5.92. The monoisotopic (exact) mass is 419 g/mol. The van der Waals surface area contributed by atoms with Gasteiger partial charge in [-0.2, -0.15) is 13.2 Å². The average Bonchev–Trinajstić information content (AvgIpc) is 2.69. The molecule has 0 fully saturated rings. The molecule has 0 heterocycles. The Hall–Kier alpha value is -3.13. The number of primary amides is 1. The summed E-state index contributed by atoms with van der Waals surface area (Å²) in [6.07, 6.45) is -1.24. The topological polar surface area (TPSA) is 75.4 Å². The second-order valence-electron chi connectivity index (χ2n) is 7.08. The fourth-order valence-electron chi connectivity index (χ4n) is 2.78. The third-order valence-electron chi connectivity index (χ3n) is 4.59. The van der Waals surface area contributed by atoms with Crippen LogP contribution in [-0.4, -0.2) is 43.4 Å². The molecule has 0 aliphatic carbocycles. The zero-order chi connectivity index (χ0) is 22.3. The molecule has 0 bridgehead atoms. The number of nitrogens with two attached hydrogens (primary N) is 1. The van der Waals surface area contributed by atoms with Crippen LogP contribution in [0.5, 0.6) is 0 Å². The van der Waals surface area contributed by atoms with Crippen molar-refractivity contribution in [2.24, 2.45) is 5.73 Å². The number of likely N-dealkylation sites (N-methyl/N-ethyl adjacent to an activating group) is 1. The van der Waals surface area contributed by atoms with Gasteiger partial charge < -0.3 is 16.0 Å². The molecule has 0 aliphatic heterocycles.